The number of nitrogens with zero attached hydrogens (tertiary/aromatic N) is 4. The first-order chi connectivity index (χ1) is 20.4. The number of phenols is 1. The average Bonchev–Trinajstić information content (AvgIpc) is 3.40. The normalized spacial score (nSPS) is 11.0. The third-order valence-corrected chi connectivity index (χ3v) is 7.07. The van der Waals surface area contributed by atoms with E-state index in [1.165, 1.54) is 12.1 Å². The third kappa shape index (κ3) is 5.04. The number of phenolic OH excluding ortho intramolecular Hbond substituents is 1. The molecule has 3 aromatic heterocycles. The molecule has 6 rings (SSSR count). The van der Waals surface area contributed by atoms with Crippen molar-refractivity contribution in [3.63, 3.8) is 0 Å². The number of amides is 1. The molecule has 0 aliphatic carbocycles. The number of imidazole rings is 1. The maximum atomic E-state index is 12.7. The number of hydrogen-bond donors (Lipinski definition) is 3. The van der Waals surface area contributed by atoms with E-state index in [4.69, 9.17) is 27.3 Å². The number of hydrogen-bond acceptors (Lipinski definition) is 7. The summed E-state index contributed by atoms with van der Waals surface area (Å²) in [5, 5.41) is 12.6. The van der Waals surface area contributed by atoms with E-state index in [2.05, 4.69) is 10.3 Å². The van der Waals surface area contributed by atoms with Gasteiger partial charge in [0.05, 0.1) is 21.8 Å². The topological polar surface area (TPSA) is 136 Å². The lowest BCUT2D eigenvalue weighted by molar-refractivity contribution is 0.0951. The van der Waals surface area contributed by atoms with E-state index >= 15 is 0 Å². The lowest BCUT2D eigenvalue weighted by atomic mass is 10.1. The summed E-state index contributed by atoms with van der Waals surface area (Å²) in [5.74, 6) is 0.161. The number of nitrogen functional groups attached to an aromatic ring is 1. The highest BCUT2D eigenvalue weighted by molar-refractivity contribution is 6.32. The van der Waals surface area contributed by atoms with Crippen LogP contribution >= 0.6 is 11.6 Å². The van der Waals surface area contributed by atoms with E-state index in [-0.39, 0.29) is 28.4 Å². The second-order valence-electron chi connectivity index (χ2n) is 9.48. The molecule has 4 N–H and O–H groups in total. The minimum atomic E-state index is -0.434. The molecule has 206 valence electrons. The predicted octanol–water partition coefficient (Wildman–Crippen LogP) is 5.83. The zero-order valence-electron chi connectivity index (χ0n) is 22.0. The molecule has 3 aromatic carbocycles. The Hall–Kier alpha value is -5.54. The molecule has 3 heterocycles. The number of carbonyl (C=O) groups excluding carboxylic acids is 2. The average molecular weight is 575 g/mol. The van der Waals surface area contributed by atoms with Gasteiger partial charge in [-0.1, -0.05) is 54.1 Å². The second-order valence-corrected chi connectivity index (χ2v) is 9.88. The number of pyridine rings is 2. The van der Waals surface area contributed by atoms with Gasteiger partial charge in [-0.3, -0.25) is 14.2 Å². The number of benzene rings is 3. The van der Waals surface area contributed by atoms with Crippen LogP contribution < -0.4 is 11.1 Å². The Kier molecular flexibility index (Phi) is 7.08. The van der Waals surface area contributed by atoms with Crippen LogP contribution in [0.3, 0.4) is 0 Å². The van der Waals surface area contributed by atoms with Crippen LogP contribution in [0.5, 0.6) is 5.75 Å². The Labute approximate surface area is 245 Å². The minimum Gasteiger partial charge on any atom is -0.506 e. The summed E-state index contributed by atoms with van der Waals surface area (Å²) in [7, 11) is 0. The van der Waals surface area contributed by atoms with Gasteiger partial charge in [0.1, 0.15) is 17.1 Å². The number of nitrogens with one attached hydrogen (secondary N) is 1. The van der Waals surface area contributed by atoms with Gasteiger partial charge in [0.25, 0.3) is 5.91 Å². The van der Waals surface area contributed by atoms with Gasteiger partial charge in [-0.2, -0.15) is 0 Å². The number of aromatic hydroxyl groups is 1. The van der Waals surface area contributed by atoms with Crippen LogP contribution in [0.2, 0.25) is 5.02 Å². The van der Waals surface area contributed by atoms with Crippen LogP contribution in [0.25, 0.3) is 39.5 Å². The molecule has 6 aromatic rings. The molecule has 42 heavy (non-hydrogen) atoms. The number of carbonyl (C=O) groups is 2. The first kappa shape index (κ1) is 26.7. The fraction of sp³-hybridized carbons (Fsp3) is 0.0312. The van der Waals surface area contributed by atoms with Gasteiger partial charge < -0.3 is 16.2 Å². The molecule has 1 amide bonds. The summed E-state index contributed by atoms with van der Waals surface area (Å²) < 4.78 is 1.94. The van der Waals surface area contributed by atoms with E-state index in [1.807, 2.05) is 83.4 Å². The number of anilines is 1. The molecule has 0 bridgehead atoms. The number of rotatable bonds is 7. The van der Waals surface area contributed by atoms with Crippen LogP contribution in [0, 0.1) is 0 Å². The summed E-state index contributed by atoms with van der Waals surface area (Å²) in [5.41, 5.74) is 11.8. The Morgan fingerprint density at radius 2 is 1.76 bits per heavy atom. The fourth-order valence-corrected chi connectivity index (χ4v) is 4.87. The Bertz CT molecular complexity index is 1960. The van der Waals surface area contributed by atoms with Crippen molar-refractivity contribution in [1.82, 2.24) is 24.8 Å². The monoisotopic (exact) mass is 574 g/mol. The number of aromatic nitrogens is 4. The SMILES string of the molecule is Nc1ncccc1-c1nc2ccc(-c3ccccc3)nc2n1-c1ccc(CNC(=O)c2cc(Cl)c(O)c(C=O)c2)cc1. The van der Waals surface area contributed by atoms with Crippen molar-refractivity contribution in [3.05, 3.63) is 119 Å². The lowest BCUT2D eigenvalue weighted by Crippen LogP contribution is -2.23. The maximum absolute atomic E-state index is 12.7. The minimum absolute atomic E-state index is 0.0568. The van der Waals surface area contributed by atoms with Crippen molar-refractivity contribution < 1.29 is 14.7 Å². The summed E-state index contributed by atoms with van der Waals surface area (Å²) in [4.78, 5) is 38.0. The smallest absolute Gasteiger partial charge is 0.251 e. The summed E-state index contributed by atoms with van der Waals surface area (Å²) in [6, 6.07) is 27.7. The third-order valence-electron chi connectivity index (χ3n) is 6.78. The van der Waals surface area contributed by atoms with Gasteiger partial charge in [-0.25, -0.2) is 15.0 Å². The molecule has 0 saturated carbocycles. The van der Waals surface area contributed by atoms with Gasteiger partial charge in [-0.05, 0) is 54.1 Å². The van der Waals surface area contributed by atoms with Crippen LogP contribution in [-0.4, -0.2) is 36.8 Å². The highest BCUT2D eigenvalue weighted by Crippen LogP contribution is 2.32. The van der Waals surface area contributed by atoms with Gasteiger partial charge in [0, 0.05) is 29.6 Å². The Balaban J connectivity index is 1.34. The Morgan fingerprint density at radius 3 is 2.50 bits per heavy atom. The van der Waals surface area contributed by atoms with Gasteiger partial charge in [0.2, 0.25) is 0 Å². The van der Waals surface area contributed by atoms with Gasteiger partial charge in [0.15, 0.2) is 17.8 Å². The van der Waals surface area contributed by atoms with Crippen LogP contribution in [-0.2, 0) is 6.54 Å². The van der Waals surface area contributed by atoms with Crippen molar-refractivity contribution in [2.75, 3.05) is 5.73 Å². The fourth-order valence-electron chi connectivity index (χ4n) is 4.65. The zero-order chi connectivity index (χ0) is 29.2. The molecule has 0 radical (unpaired) electrons. The Morgan fingerprint density at radius 1 is 0.976 bits per heavy atom. The molecular formula is C32H23ClN6O3. The summed E-state index contributed by atoms with van der Waals surface area (Å²) in [6.07, 6.45) is 2.08. The molecule has 0 unspecified atom stereocenters. The van der Waals surface area contributed by atoms with Crippen molar-refractivity contribution in [2.45, 2.75) is 6.54 Å². The van der Waals surface area contributed by atoms with E-state index in [9.17, 15) is 14.7 Å². The highest BCUT2D eigenvalue weighted by atomic mass is 35.5. The van der Waals surface area contributed by atoms with Crippen LogP contribution in [0.15, 0.2) is 97.2 Å². The number of aldehydes is 1. The molecule has 0 fully saturated rings. The molecule has 0 aliphatic rings. The molecular weight excluding hydrogens is 552 g/mol. The number of fused-ring (bicyclic) bond motifs is 1. The summed E-state index contributed by atoms with van der Waals surface area (Å²) in [6.45, 7) is 0.220. The standard InChI is InChI=1S/C32H23ClN6O3/c33-25-16-21(15-22(18-40)28(25)41)32(42)36-17-19-8-10-23(11-9-19)39-30(24-7-4-14-35-29(24)34)38-27-13-12-26(37-31(27)39)20-5-2-1-3-6-20/h1-16,18,41H,17H2,(H2,34,35)(H,36,42). The molecule has 0 saturated heterocycles. The molecule has 0 atom stereocenters. The van der Waals surface area contributed by atoms with E-state index in [1.54, 1.807) is 6.20 Å². The van der Waals surface area contributed by atoms with Crippen molar-refractivity contribution in [1.29, 1.82) is 0 Å². The first-order valence-corrected chi connectivity index (χ1v) is 13.3. The molecule has 0 aliphatic heterocycles. The molecule has 0 spiro atoms. The largest absolute Gasteiger partial charge is 0.506 e. The second kappa shape index (κ2) is 11.1. The maximum Gasteiger partial charge on any atom is 0.251 e. The van der Waals surface area contributed by atoms with E-state index < -0.39 is 5.91 Å². The van der Waals surface area contributed by atoms with Crippen LogP contribution in [0.1, 0.15) is 26.3 Å². The quantitative estimate of drug-likeness (QED) is 0.204. The highest BCUT2D eigenvalue weighted by Gasteiger charge is 2.19. The van der Waals surface area contributed by atoms with Crippen LogP contribution in [0.4, 0.5) is 5.82 Å². The number of halogens is 1. The molecule has 10 heteroatoms. The molecule has 9 nitrogen and oxygen atoms in total. The van der Waals surface area contributed by atoms with E-state index in [0.29, 0.717) is 34.7 Å². The van der Waals surface area contributed by atoms with Gasteiger partial charge >= 0.3 is 0 Å². The van der Waals surface area contributed by atoms with E-state index in [0.717, 1.165) is 22.5 Å². The van der Waals surface area contributed by atoms with Crippen molar-refractivity contribution >= 4 is 40.8 Å². The van der Waals surface area contributed by atoms with Crippen molar-refractivity contribution in [2.24, 2.45) is 0 Å². The predicted molar refractivity (Wildman–Crippen MR) is 162 cm³/mol. The van der Waals surface area contributed by atoms with Gasteiger partial charge in [-0.15, -0.1) is 0 Å². The number of nitrogens with two attached hydrogens (primary N) is 1. The summed E-state index contributed by atoms with van der Waals surface area (Å²) >= 11 is 5.96. The zero-order valence-corrected chi connectivity index (χ0v) is 22.8. The first-order valence-electron chi connectivity index (χ1n) is 12.9. The lowest BCUT2D eigenvalue weighted by Gasteiger charge is -2.12. The van der Waals surface area contributed by atoms with Crippen molar-refractivity contribution in [3.8, 4) is 34.1 Å².